The summed E-state index contributed by atoms with van der Waals surface area (Å²) in [5.41, 5.74) is 3.72. The van der Waals surface area contributed by atoms with Crippen LogP contribution in [0.2, 0.25) is 5.02 Å². The highest BCUT2D eigenvalue weighted by Crippen LogP contribution is 2.36. The third-order valence-electron chi connectivity index (χ3n) is 4.04. The molecule has 104 valence electrons. The topological polar surface area (TPSA) is 23.5 Å². The van der Waals surface area contributed by atoms with E-state index in [0.717, 1.165) is 19.5 Å². The van der Waals surface area contributed by atoms with Crippen molar-refractivity contribution >= 4 is 11.6 Å². The van der Waals surface area contributed by atoms with E-state index in [4.69, 9.17) is 11.6 Å². The lowest BCUT2D eigenvalue weighted by molar-refractivity contribution is 0.338. The van der Waals surface area contributed by atoms with Crippen molar-refractivity contribution in [2.75, 3.05) is 20.1 Å². The molecular weight excluding hydrogens is 269 g/mol. The van der Waals surface area contributed by atoms with Gasteiger partial charge in [-0.15, -0.1) is 0 Å². The minimum atomic E-state index is 0.177. The first kappa shape index (κ1) is 13.5. The lowest BCUT2D eigenvalue weighted by Gasteiger charge is -2.22. The molecule has 1 aliphatic rings. The smallest absolute Gasteiger partial charge is 0.134 e. The first-order chi connectivity index (χ1) is 9.65. The van der Waals surface area contributed by atoms with E-state index in [2.05, 4.69) is 36.2 Å². The molecule has 0 saturated carbocycles. The number of aromatic hydroxyl groups is 1. The first-order valence-electron chi connectivity index (χ1n) is 6.90. The third-order valence-corrected chi connectivity index (χ3v) is 4.35. The van der Waals surface area contributed by atoms with Gasteiger partial charge in [-0.25, -0.2) is 0 Å². The lowest BCUT2D eigenvalue weighted by atomic mass is 9.88. The number of phenolic OH excluding ortho intramolecular Hbond substituents is 1. The van der Waals surface area contributed by atoms with Gasteiger partial charge in [-0.05, 0) is 42.3 Å². The standard InChI is InChI=1S/C17H18ClNO/c1-19-8-7-13-9-16(18)17(20)10-14(13)15(11-19)12-5-3-2-4-6-12/h2-6,9-10,15,20H,7-8,11H2,1H3/t15-/m1/s1/i1-1. The zero-order valence-corrected chi connectivity index (χ0v) is 12.3. The van der Waals surface area contributed by atoms with Crippen molar-refractivity contribution < 1.29 is 5.11 Å². The molecule has 1 atom stereocenters. The molecule has 0 aliphatic carbocycles. The van der Waals surface area contributed by atoms with Gasteiger partial charge < -0.3 is 10.0 Å². The number of fused-ring (bicyclic) bond motifs is 1. The molecule has 1 heterocycles. The van der Waals surface area contributed by atoms with E-state index in [1.165, 1.54) is 16.7 Å². The molecule has 2 aromatic rings. The Labute approximate surface area is 124 Å². The second-order valence-corrected chi connectivity index (χ2v) is 5.89. The Bertz CT molecular complexity index is 612. The quantitative estimate of drug-likeness (QED) is 0.865. The van der Waals surface area contributed by atoms with Crippen molar-refractivity contribution in [3.05, 3.63) is 64.2 Å². The van der Waals surface area contributed by atoms with E-state index in [9.17, 15) is 5.11 Å². The van der Waals surface area contributed by atoms with Gasteiger partial charge in [0.1, 0.15) is 5.75 Å². The third kappa shape index (κ3) is 2.54. The summed E-state index contributed by atoms with van der Waals surface area (Å²) in [6.45, 7) is 1.97. The maximum atomic E-state index is 9.95. The number of rotatable bonds is 1. The van der Waals surface area contributed by atoms with Crippen LogP contribution < -0.4 is 0 Å². The summed E-state index contributed by atoms with van der Waals surface area (Å²) in [4.78, 5) is 2.34. The van der Waals surface area contributed by atoms with Crippen LogP contribution in [0.1, 0.15) is 22.6 Å². The van der Waals surface area contributed by atoms with Gasteiger partial charge in [0.15, 0.2) is 0 Å². The van der Waals surface area contributed by atoms with Crippen LogP contribution >= 0.6 is 11.6 Å². The van der Waals surface area contributed by atoms with Gasteiger partial charge in [-0.3, -0.25) is 0 Å². The predicted octanol–water partition coefficient (Wildman–Crippen LogP) is 3.67. The Morgan fingerprint density at radius 1 is 1.20 bits per heavy atom. The van der Waals surface area contributed by atoms with Gasteiger partial charge in [0, 0.05) is 19.0 Å². The second kappa shape index (κ2) is 5.47. The Kier molecular flexibility index (Phi) is 3.68. The molecule has 0 amide bonds. The van der Waals surface area contributed by atoms with Crippen LogP contribution in [0.4, 0.5) is 0 Å². The Morgan fingerprint density at radius 3 is 2.70 bits per heavy atom. The SMILES string of the molecule is [11CH3]N1CCc2cc(Cl)c(O)cc2[C@@H](c2ccccc2)C1. The number of halogens is 1. The number of hydrogen-bond donors (Lipinski definition) is 1. The lowest BCUT2D eigenvalue weighted by Crippen LogP contribution is -2.24. The second-order valence-electron chi connectivity index (χ2n) is 5.48. The van der Waals surface area contributed by atoms with E-state index in [1.807, 2.05) is 18.2 Å². The van der Waals surface area contributed by atoms with Gasteiger partial charge in [0.25, 0.3) is 0 Å². The van der Waals surface area contributed by atoms with Gasteiger partial charge in [-0.1, -0.05) is 41.9 Å². The van der Waals surface area contributed by atoms with Crippen molar-refractivity contribution in [2.24, 2.45) is 0 Å². The van der Waals surface area contributed by atoms with E-state index < -0.39 is 0 Å². The fourth-order valence-electron chi connectivity index (χ4n) is 2.94. The average Bonchev–Trinajstić information content (AvgIpc) is 2.61. The zero-order valence-electron chi connectivity index (χ0n) is 11.5. The number of phenols is 1. The fourth-order valence-corrected chi connectivity index (χ4v) is 3.13. The van der Waals surface area contributed by atoms with Crippen LogP contribution in [-0.4, -0.2) is 30.1 Å². The molecule has 3 rings (SSSR count). The molecule has 0 radical (unpaired) electrons. The monoisotopic (exact) mass is 286 g/mol. The van der Waals surface area contributed by atoms with E-state index in [0.29, 0.717) is 5.02 Å². The van der Waals surface area contributed by atoms with Crippen molar-refractivity contribution in [1.29, 1.82) is 0 Å². The zero-order chi connectivity index (χ0) is 14.1. The molecule has 1 N–H and O–H groups in total. The minimum Gasteiger partial charge on any atom is -0.506 e. The van der Waals surface area contributed by atoms with Gasteiger partial charge in [0.05, 0.1) is 5.02 Å². The largest absolute Gasteiger partial charge is 0.506 e. The molecule has 0 aromatic heterocycles. The normalized spacial score (nSPS) is 19.4. The highest BCUT2D eigenvalue weighted by Gasteiger charge is 2.24. The molecule has 0 bridgehead atoms. The summed E-state index contributed by atoms with van der Waals surface area (Å²) in [5.74, 6) is 0.456. The highest BCUT2D eigenvalue weighted by molar-refractivity contribution is 6.32. The van der Waals surface area contributed by atoms with Gasteiger partial charge in [0.2, 0.25) is 0 Å². The number of nitrogens with zero attached hydrogens (tertiary/aromatic N) is 1. The van der Waals surface area contributed by atoms with Crippen molar-refractivity contribution in [2.45, 2.75) is 12.3 Å². The van der Waals surface area contributed by atoms with Crippen molar-refractivity contribution in [1.82, 2.24) is 4.90 Å². The van der Waals surface area contributed by atoms with Crippen LogP contribution in [-0.2, 0) is 6.42 Å². The van der Waals surface area contributed by atoms with Crippen molar-refractivity contribution in [3.63, 3.8) is 0 Å². The Morgan fingerprint density at radius 2 is 1.95 bits per heavy atom. The number of likely N-dealkylation sites (N-methyl/N-ethyl adjacent to an activating group) is 1. The van der Waals surface area contributed by atoms with Crippen LogP contribution in [0.15, 0.2) is 42.5 Å². The summed E-state index contributed by atoms with van der Waals surface area (Å²) >= 11 is 6.07. The summed E-state index contributed by atoms with van der Waals surface area (Å²) in [6.07, 6.45) is 0.967. The van der Waals surface area contributed by atoms with E-state index in [-0.39, 0.29) is 11.7 Å². The van der Waals surface area contributed by atoms with E-state index in [1.54, 1.807) is 0 Å². The average molecular weight is 287 g/mol. The van der Waals surface area contributed by atoms with Gasteiger partial charge >= 0.3 is 0 Å². The molecule has 20 heavy (non-hydrogen) atoms. The molecule has 2 nitrogen and oxygen atoms in total. The predicted molar refractivity (Wildman–Crippen MR) is 82.6 cm³/mol. The Hall–Kier alpha value is -1.51. The molecule has 1 aliphatic heterocycles. The molecule has 0 spiro atoms. The maximum absolute atomic E-state index is 9.95. The number of benzene rings is 2. The van der Waals surface area contributed by atoms with Crippen LogP contribution in [0.3, 0.4) is 0 Å². The summed E-state index contributed by atoms with van der Waals surface area (Å²) in [7, 11) is 2.14. The van der Waals surface area contributed by atoms with Crippen LogP contribution in [0.5, 0.6) is 5.75 Å². The van der Waals surface area contributed by atoms with E-state index >= 15 is 0 Å². The molecule has 0 fully saturated rings. The van der Waals surface area contributed by atoms with Crippen LogP contribution in [0.25, 0.3) is 0 Å². The highest BCUT2D eigenvalue weighted by atomic mass is 35.5. The van der Waals surface area contributed by atoms with Crippen LogP contribution in [0, 0.1) is 0 Å². The molecule has 2 aromatic carbocycles. The first-order valence-corrected chi connectivity index (χ1v) is 7.27. The molecule has 0 saturated heterocycles. The summed E-state index contributed by atoms with van der Waals surface area (Å²) in [5, 5.41) is 10.4. The minimum absolute atomic E-state index is 0.177. The maximum Gasteiger partial charge on any atom is 0.134 e. The van der Waals surface area contributed by atoms with Gasteiger partial charge in [-0.2, -0.15) is 0 Å². The Balaban J connectivity index is 2.12. The molecular formula is C17H18ClNO. The summed E-state index contributed by atoms with van der Waals surface area (Å²) in [6, 6.07) is 14.2. The number of hydrogen-bond acceptors (Lipinski definition) is 2. The summed E-state index contributed by atoms with van der Waals surface area (Å²) < 4.78 is 0. The van der Waals surface area contributed by atoms with Crippen molar-refractivity contribution in [3.8, 4) is 5.75 Å². The molecule has 0 unspecified atom stereocenters. The fraction of sp³-hybridized carbons (Fsp3) is 0.294. The molecule has 3 heteroatoms.